The molecule has 4 heterocycles. The zero-order valence-electron chi connectivity index (χ0n) is 19.6. The number of aromatic nitrogens is 5. The Morgan fingerprint density at radius 3 is 2.41 bits per heavy atom. The van der Waals surface area contributed by atoms with Gasteiger partial charge in [-0.2, -0.15) is 22.0 Å². The maximum Gasteiger partial charge on any atom is 0.458 e. The van der Waals surface area contributed by atoms with E-state index < -0.39 is 27.5 Å². The number of alkyl halides is 5. The van der Waals surface area contributed by atoms with Crippen LogP contribution in [0.4, 0.5) is 22.0 Å². The third-order valence-corrected chi connectivity index (χ3v) is 8.08. The molecule has 194 valence electrons. The van der Waals surface area contributed by atoms with Crippen molar-refractivity contribution in [3.05, 3.63) is 54.0 Å². The van der Waals surface area contributed by atoms with Gasteiger partial charge >= 0.3 is 12.1 Å². The number of hydrogen-bond acceptors (Lipinski definition) is 6. The highest BCUT2D eigenvalue weighted by Crippen LogP contribution is 2.44. The van der Waals surface area contributed by atoms with Crippen LogP contribution in [-0.2, 0) is 22.8 Å². The average molecular weight is 538 g/mol. The Bertz CT molecular complexity index is 1630. The van der Waals surface area contributed by atoms with Crippen LogP contribution in [-0.4, -0.2) is 44.8 Å². The molecule has 5 rings (SSSR count). The van der Waals surface area contributed by atoms with Crippen molar-refractivity contribution in [3.8, 4) is 22.8 Å². The van der Waals surface area contributed by atoms with Gasteiger partial charge in [0.25, 0.3) is 0 Å². The topological polar surface area (TPSA) is 90.6 Å². The third-order valence-electron chi connectivity index (χ3n) is 6.34. The maximum atomic E-state index is 13.9. The maximum absolute atomic E-state index is 13.9. The number of rotatable bonds is 6. The van der Waals surface area contributed by atoms with Gasteiger partial charge in [0.05, 0.1) is 21.9 Å². The molecule has 1 aliphatic carbocycles. The minimum absolute atomic E-state index is 0.0127. The minimum Gasteiger partial charge on any atom is -0.310 e. The molecular formula is C24H20F5N5O2S. The van der Waals surface area contributed by atoms with Crippen molar-refractivity contribution >= 4 is 21.0 Å². The first-order chi connectivity index (χ1) is 17.3. The van der Waals surface area contributed by atoms with Gasteiger partial charge < -0.3 is 4.57 Å². The zero-order chi connectivity index (χ0) is 26.8. The predicted octanol–water partition coefficient (Wildman–Crippen LogP) is 5.42. The summed E-state index contributed by atoms with van der Waals surface area (Å²) in [7, 11) is -2.42. The number of pyridine rings is 3. The van der Waals surface area contributed by atoms with Crippen molar-refractivity contribution < 1.29 is 30.4 Å². The van der Waals surface area contributed by atoms with Crippen LogP contribution in [0.25, 0.3) is 33.9 Å². The van der Waals surface area contributed by atoms with E-state index in [1.165, 1.54) is 30.8 Å². The summed E-state index contributed by atoms with van der Waals surface area (Å²) in [5, 5.41) is 0. The van der Waals surface area contributed by atoms with Crippen molar-refractivity contribution in [1.29, 1.82) is 0 Å². The number of fused-ring (bicyclic) bond motifs is 1. The van der Waals surface area contributed by atoms with E-state index in [9.17, 15) is 30.4 Å². The Morgan fingerprint density at radius 1 is 1.03 bits per heavy atom. The molecule has 0 unspecified atom stereocenters. The Balaban J connectivity index is 1.66. The number of hydrogen-bond donors (Lipinski definition) is 0. The SMILES string of the molecule is CCS(=O)(=O)c1cc(-c2cc(C3CC3)ccn2)cnc1-c1nc2cc(C(F)(F)C(F)(F)F)cnc2n1C. The van der Waals surface area contributed by atoms with Crippen molar-refractivity contribution in [2.75, 3.05) is 5.75 Å². The molecule has 13 heteroatoms. The summed E-state index contributed by atoms with van der Waals surface area (Å²) in [6.45, 7) is 1.46. The Hall–Kier alpha value is -3.48. The van der Waals surface area contributed by atoms with E-state index in [4.69, 9.17) is 0 Å². The average Bonchev–Trinajstić information content (AvgIpc) is 3.67. The van der Waals surface area contributed by atoms with E-state index in [1.807, 2.05) is 12.1 Å². The van der Waals surface area contributed by atoms with Gasteiger partial charge in [0.15, 0.2) is 21.3 Å². The second-order valence-electron chi connectivity index (χ2n) is 8.86. The van der Waals surface area contributed by atoms with E-state index in [2.05, 4.69) is 19.9 Å². The Kier molecular flexibility index (Phi) is 5.81. The second-order valence-corrected chi connectivity index (χ2v) is 11.1. The van der Waals surface area contributed by atoms with E-state index in [1.54, 1.807) is 6.20 Å². The lowest BCUT2D eigenvalue weighted by Gasteiger charge is -2.19. The van der Waals surface area contributed by atoms with Gasteiger partial charge in [-0.3, -0.25) is 9.97 Å². The summed E-state index contributed by atoms with van der Waals surface area (Å²) >= 11 is 0. The summed E-state index contributed by atoms with van der Waals surface area (Å²) in [4.78, 5) is 16.4. The first-order valence-corrected chi connectivity index (χ1v) is 13.0. The quantitative estimate of drug-likeness (QED) is 0.305. The van der Waals surface area contributed by atoms with Crippen LogP contribution in [0.2, 0.25) is 0 Å². The molecule has 37 heavy (non-hydrogen) atoms. The fourth-order valence-electron chi connectivity index (χ4n) is 4.04. The lowest BCUT2D eigenvalue weighted by atomic mass is 10.1. The molecular weight excluding hydrogens is 517 g/mol. The van der Waals surface area contributed by atoms with Gasteiger partial charge in [-0.25, -0.2) is 18.4 Å². The standard InChI is InChI=1S/C24H20F5N5O2S/c1-3-37(35,36)19-9-15(17-8-14(6-7-30-17)13-4-5-13)11-31-20(19)22-33-18-10-16(12-32-21(18)34(22)2)23(25,26)24(27,28)29/h6-13H,3-5H2,1-2H3. The lowest BCUT2D eigenvalue weighted by molar-refractivity contribution is -0.289. The summed E-state index contributed by atoms with van der Waals surface area (Å²) in [5.41, 5.74) is 0.382. The summed E-state index contributed by atoms with van der Waals surface area (Å²) in [6.07, 6.45) is -0.152. The summed E-state index contributed by atoms with van der Waals surface area (Å²) < 4.78 is 93.7. The molecule has 0 saturated heterocycles. The van der Waals surface area contributed by atoms with Crippen LogP contribution >= 0.6 is 0 Å². The van der Waals surface area contributed by atoms with Gasteiger partial charge in [-0.05, 0) is 48.6 Å². The molecule has 1 saturated carbocycles. The Labute approximate surface area is 208 Å². The van der Waals surface area contributed by atoms with E-state index in [0.29, 0.717) is 29.4 Å². The normalized spacial score (nSPS) is 14.9. The molecule has 4 aromatic heterocycles. The minimum atomic E-state index is -5.81. The molecule has 0 N–H and O–H groups in total. The van der Waals surface area contributed by atoms with Crippen LogP contribution in [0.3, 0.4) is 0 Å². The molecule has 0 aromatic carbocycles. The van der Waals surface area contributed by atoms with Crippen LogP contribution in [0, 0.1) is 0 Å². The molecule has 0 atom stereocenters. The van der Waals surface area contributed by atoms with Gasteiger partial charge in [-0.1, -0.05) is 6.92 Å². The molecule has 0 spiro atoms. The Morgan fingerprint density at radius 2 is 1.76 bits per heavy atom. The lowest BCUT2D eigenvalue weighted by Crippen LogP contribution is -2.33. The number of halogens is 5. The molecule has 7 nitrogen and oxygen atoms in total. The van der Waals surface area contributed by atoms with Gasteiger partial charge in [0.1, 0.15) is 11.2 Å². The van der Waals surface area contributed by atoms with Crippen molar-refractivity contribution in [2.24, 2.45) is 7.05 Å². The van der Waals surface area contributed by atoms with Crippen LogP contribution in [0.15, 0.2) is 47.8 Å². The van der Waals surface area contributed by atoms with Crippen LogP contribution < -0.4 is 0 Å². The molecule has 0 amide bonds. The molecule has 0 radical (unpaired) electrons. The van der Waals surface area contributed by atoms with Gasteiger partial charge in [0, 0.05) is 31.2 Å². The van der Waals surface area contributed by atoms with Crippen LogP contribution in [0.1, 0.15) is 36.8 Å². The van der Waals surface area contributed by atoms with Crippen molar-refractivity contribution in [2.45, 2.75) is 42.7 Å². The largest absolute Gasteiger partial charge is 0.458 e. The summed E-state index contributed by atoms with van der Waals surface area (Å²) in [6, 6.07) is 5.82. The monoisotopic (exact) mass is 537 g/mol. The molecule has 1 fully saturated rings. The van der Waals surface area contributed by atoms with Crippen LogP contribution in [0.5, 0.6) is 0 Å². The molecule has 0 aliphatic heterocycles. The third kappa shape index (κ3) is 4.34. The van der Waals surface area contributed by atoms with Gasteiger partial charge in [0.2, 0.25) is 0 Å². The molecule has 1 aliphatic rings. The number of sulfone groups is 1. The highest BCUT2D eigenvalue weighted by molar-refractivity contribution is 7.91. The predicted molar refractivity (Wildman–Crippen MR) is 125 cm³/mol. The number of nitrogens with zero attached hydrogens (tertiary/aromatic N) is 5. The summed E-state index contributed by atoms with van der Waals surface area (Å²) in [5.74, 6) is -4.99. The van der Waals surface area contributed by atoms with Crippen molar-refractivity contribution in [3.63, 3.8) is 0 Å². The zero-order valence-corrected chi connectivity index (χ0v) is 20.4. The van der Waals surface area contributed by atoms with Gasteiger partial charge in [-0.15, -0.1) is 0 Å². The highest BCUT2D eigenvalue weighted by atomic mass is 32.2. The first-order valence-electron chi connectivity index (χ1n) is 11.3. The molecule has 4 aromatic rings. The molecule has 0 bridgehead atoms. The second kappa shape index (κ2) is 8.54. The van der Waals surface area contributed by atoms with E-state index >= 15 is 0 Å². The number of imidazole rings is 1. The fourth-order valence-corrected chi connectivity index (χ4v) is 5.10. The van der Waals surface area contributed by atoms with E-state index in [0.717, 1.165) is 18.4 Å². The van der Waals surface area contributed by atoms with Crippen molar-refractivity contribution in [1.82, 2.24) is 24.5 Å². The fraction of sp³-hybridized carbons (Fsp3) is 0.333. The number of aryl methyl sites for hydroxylation is 1. The first kappa shape index (κ1) is 25.2. The van der Waals surface area contributed by atoms with E-state index in [-0.39, 0.29) is 33.3 Å². The smallest absolute Gasteiger partial charge is 0.310 e. The highest BCUT2D eigenvalue weighted by Gasteiger charge is 2.59.